The number of nitrogens with one attached hydrogen (secondary N) is 1. The van der Waals surface area contributed by atoms with E-state index in [1.54, 1.807) is 24.3 Å². The first-order valence-corrected chi connectivity index (χ1v) is 13.0. The zero-order valence-corrected chi connectivity index (χ0v) is 19.9. The van der Waals surface area contributed by atoms with Gasteiger partial charge in [0.1, 0.15) is 5.01 Å². The first kappa shape index (κ1) is 22.8. The molecule has 1 amide bonds. The van der Waals surface area contributed by atoms with Gasteiger partial charge in [-0.3, -0.25) is 4.79 Å². The molecule has 0 spiro atoms. The third-order valence-corrected chi connectivity index (χ3v) is 8.32. The minimum absolute atomic E-state index is 0.116. The first-order valence-electron chi connectivity index (χ1n) is 10.2. The molecule has 1 aliphatic rings. The highest BCUT2D eigenvalue weighted by Crippen LogP contribution is 2.28. The Morgan fingerprint density at radius 3 is 2.59 bits per heavy atom. The molecule has 10 heteroatoms. The maximum absolute atomic E-state index is 12.9. The second-order valence-electron chi connectivity index (χ2n) is 7.85. The molecule has 1 atom stereocenters. The van der Waals surface area contributed by atoms with Gasteiger partial charge in [0.15, 0.2) is 0 Å². The second-order valence-corrected chi connectivity index (χ2v) is 11.2. The molecule has 7 nitrogen and oxygen atoms in total. The largest absolute Gasteiger partial charge is 0.300 e. The third kappa shape index (κ3) is 5.53. The lowest BCUT2D eigenvalue weighted by Gasteiger charge is -2.31. The Bertz CT molecular complexity index is 1190. The fourth-order valence-corrected chi connectivity index (χ4v) is 6.07. The number of hydrogen-bond acceptors (Lipinski definition) is 6. The van der Waals surface area contributed by atoms with E-state index in [-0.39, 0.29) is 18.2 Å². The fraction of sp³-hybridized carbons (Fsp3) is 0.318. The molecule has 1 N–H and O–H groups in total. The van der Waals surface area contributed by atoms with Gasteiger partial charge >= 0.3 is 0 Å². The smallest absolute Gasteiger partial charge is 0.230 e. The number of sulfonamides is 1. The number of carbonyl (C=O) groups is 1. The Morgan fingerprint density at radius 2 is 1.88 bits per heavy atom. The molecule has 2 aromatic carbocycles. The van der Waals surface area contributed by atoms with Crippen molar-refractivity contribution in [2.24, 2.45) is 5.92 Å². The zero-order chi connectivity index (χ0) is 22.7. The van der Waals surface area contributed by atoms with E-state index in [1.165, 1.54) is 15.6 Å². The number of nitrogens with zero attached hydrogens (tertiary/aromatic N) is 3. The van der Waals surface area contributed by atoms with Crippen molar-refractivity contribution in [2.75, 3.05) is 18.4 Å². The number of benzene rings is 2. The lowest BCUT2D eigenvalue weighted by molar-refractivity contribution is -0.120. The van der Waals surface area contributed by atoms with E-state index in [9.17, 15) is 13.2 Å². The summed E-state index contributed by atoms with van der Waals surface area (Å²) in [6, 6.07) is 14.7. The van der Waals surface area contributed by atoms with Crippen molar-refractivity contribution in [1.29, 1.82) is 0 Å². The number of anilines is 1. The number of aryl methyl sites for hydroxylation is 1. The Labute approximate surface area is 196 Å². The summed E-state index contributed by atoms with van der Waals surface area (Å²) in [5.41, 5.74) is 2.75. The molecule has 2 heterocycles. The van der Waals surface area contributed by atoms with E-state index < -0.39 is 15.9 Å². The quantitative estimate of drug-likeness (QED) is 0.554. The SMILES string of the molecule is Cc1ccc(-c2nnc(NC(=O)[C@H]3CCCN(S(=O)(=O)Cc4ccc(Cl)cc4)C3)s2)cc1. The number of piperidine rings is 1. The van der Waals surface area contributed by atoms with Crippen molar-refractivity contribution >= 4 is 44.0 Å². The van der Waals surface area contributed by atoms with Crippen LogP contribution in [0.25, 0.3) is 10.6 Å². The van der Waals surface area contributed by atoms with Crippen LogP contribution in [0.3, 0.4) is 0 Å². The van der Waals surface area contributed by atoms with Gasteiger partial charge in [-0.2, -0.15) is 0 Å². The predicted octanol–water partition coefficient (Wildman–Crippen LogP) is 4.35. The van der Waals surface area contributed by atoms with E-state index in [4.69, 9.17) is 11.6 Å². The van der Waals surface area contributed by atoms with Crippen LogP contribution in [0.4, 0.5) is 5.13 Å². The summed E-state index contributed by atoms with van der Waals surface area (Å²) in [5, 5.41) is 12.7. The van der Waals surface area contributed by atoms with Crippen LogP contribution >= 0.6 is 22.9 Å². The Hall–Kier alpha value is -2.33. The van der Waals surface area contributed by atoms with Gasteiger partial charge in [-0.25, -0.2) is 12.7 Å². The van der Waals surface area contributed by atoms with Crippen LogP contribution in [0.15, 0.2) is 48.5 Å². The summed E-state index contributed by atoms with van der Waals surface area (Å²) >= 11 is 7.18. The van der Waals surface area contributed by atoms with Gasteiger partial charge in [0, 0.05) is 23.7 Å². The summed E-state index contributed by atoms with van der Waals surface area (Å²) < 4.78 is 27.2. The van der Waals surface area contributed by atoms with Crippen molar-refractivity contribution < 1.29 is 13.2 Å². The van der Waals surface area contributed by atoms with Crippen LogP contribution in [0.1, 0.15) is 24.0 Å². The molecule has 1 aromatic heterocycles. The molecule has 0 radical (unpaired) electrons. The highest BCUT2D eigenvalue weighted by atomic mass is 35.5. The zero-order valence-electron chi connectivity index (χ0n) is 17.5. The molecule has 168 valence electrons. The molecule has 0 aliphatic carbocycles. The highest BCUT2D eigenvalue weighted by molar-refractivity contribution is 7.88. The minimum atomic E-state index is -3.54. The number of carbonyl (C=O) groups excluding carboxylic acids is 1. The van der Waals surface area contributed by atoms with E-state index in [0.29, 0.717) is 35.1 Å². The molecule has 4 rings (SSSR count). The lowest BCUT2D eigenvalue weighted by atomic mass is 9.99. The molecule has 0 saturated carbocycles. The molecular formula is C22H23ClN4O3S2. The highest BCUT2D eigenvalue weighted by Gasteiger charge is 2.32. The Kier molecular flexibility index (Phi) is 6.90. The molecule has 1 aliphatic heterocycles. The van der Waals surface area contributed by atoms with E-state index >= 15 is 0 Å². The van der Waals surface area contributed by atoms with Crippen LogP contribution in [-0.4, -0.2) is 41.9 Å². The van der Waals surface area contributed by atoms with Gasteiger partial charge in [0.2, 0.25) is 21.1 Å². The van der Waals surface area contributed by atoms with Crippen LogP contribution < -0.4 is 5.32 Å². The van der Waals surface area contributed by atoms with Gasteiger partial charge in [0.05, 0.1) is 11.7 Å². The number of halogens is 1. The average Bonchev–Trinajstić information content (AvgIpc) is 3.24. The normalized spacial score (nSPS) is 17.2. The molecular weight excluding hydrogens is 468 g/mol. The standard InChI is InChI=1S/C22H23ClN4O3S2/c1-15-4-8-17(9-5-15)21-25-26-22(31-21)24-20(28)18-3-2-12-27(13-18)32(29,30)14-16-6-10-19(23)11-7-16/h4-11,18H,2-3,12-14H2,1H3,(H,24,26,28)/t18-/m0/s1. The second kappa shape index (κ2) is 9.66. The molecule has 0 unspecified atom stereocenters. The predicted molar refractivity (Wildman–Crippen MR) is 127 cm³/mol. The first-order chi connectivity index (χ1) is 15.3. The fourth-order valence-electron chi connectivity index (χ4n) is 3.59. The summed E-state index contributed by atoms with van der Waals surface area (Å²) in [4.78, 5) is 12.8. The summed E-state index contributed by atoms with van der Waals surface area (Å²) in [6.07, 6.45) is 1.26. The molecule has 32 heavy (non-hydrogen) atoms. The van der Waals surface area contributed by atoms with Crippen molar-refractivity contribution in [3.63, 3.8) is 0 Å². The molecule has 1 fully saturated rings. The Morgan fingerprint density at radius 1 is 1.16 bits per heavy atom. The van der Waals surface area contributed by atoms with Crippen molar-refractivity contribution in [3.05, 3.63) is 64.7 Å². The van der Waals surface area contributed by atoms with Gasteiger partial charge in [0.25, 0.3) is 0 Å². The summed E-state index contributed by atoms with van der Waals surface area (Å²) in [7, 11) is -3.54. The van der Waals surface area contributed by atoms with Gasteiger partial charge in [-0.1, -0.05) is 64.9 Å². The maximum atomic E-state index is 12.9. The molecule has 1 saturated heterocycles. The van der Waals surface area contributed by atoms with Crippen LogP contribution in [-0.2, 0) is 20.6 Å². The van der Waals surface area contributed by atoms with E-state index in [0.717, 1.165) is 16.1 Å². The van der Waals surface area contributed by atoms with Crippen LogP contribution in [0, 0.1) is 12.8 Å². The van der Waals surface area contributed by atoms with E-state index in [1.807, 2.05) is 31.2 Å². The van der Waals surface area contributed by atoms with Crippen molar-refractivity contribution in [3.8, 4) is 10.6 Å². The summed E-state index contributed by atoms with van der Waals surface area (Å²) in [5.74, 6) is -0.784. The lowest BCUT2D eigenvalue weighted by Crippen LogP contribution is -2.44. The monoisotopic (exact) mass is 490 g/mol. The number of aromatic nitrogens is 2. The van der Waals surface area contributed by atoms with Crippen molar-refractivity contribution in [2.45, 2.75) is 25.5 Å². The summed E-state index contributed by atoms with van der Waals surface area (Å²) in [6.45, 7) is 2.58. The minimum Gasteiger partial charge on any atom is -0.300 e. The maximum Gasteiger partial charge on any atom is 0.230 e. The number of hydrogen-bond donors (Lipinski definition) is 1. The topological polar surface area (TPSA) is 92.3 Å². The Balaban J connectivity index is 1.39. The third-order valence-electron chi connectivity index (χ3n) is 5.36. The van der Waals surface area contributed by atoms with Crippen LogP contribution in [0.2, 0.25) is 5.02 Å². The van der Waals surface area contributed by atoms with Crippen molar-refractivity contribution in [1.82, 2.24) is 14.5 Å². The number of rotatable bonds is 6. The number of amides is 1. The van der Waals surface area contributed by atoms with Crippen LogP contribution in [0.5, 0.6) is 0 Å². The van der Waals surface area contributed by atoms with E-state index in [2.05, 4.69) is 15.5 Å². The molecule has 3 aromatic rings. The molecule has 0 bridgehead atoms. The van der Waals surface area contributed by atoms with Gasteiger partial charge in [-0.05, 0) is 37.5 Å². The van der Waals surface area contributed by atoms with Gasteiger partial charge in [-0.15, -0.1) is 10.2 Å². The van der Waals surface area contributed by atoms with Gasteiger partial charge < -0.3 is 5.32 Å². The average molecular weight is 491 g/mol.